The van der Waals surface area contributed by atoms with Gasteiger partial charge in [0.1, 0.15) is 5.75 Å². The molecule has 0 fully saturated rings. The zero-order valence-electron chi connectivity index (χ0n) is 6.60. The maximum atomic E-state index is 9.32. The zero-order valence-corrected chi connectivity index (χ0v) is 7.36. The van der Waals surface area contributed by atoms with Gasteiger partial charge in [0.05, 0.1) is 5.02 Å². The summed E-state index contributed by atoms with van der Waals surface area (Å²) in [5.74, 6) is 0.180. The number of fused-ring (bicyclic) bond motifs is 1. The fourth-order valence-electron chi connectivity index (χ4n) is 1.49. The standard InChI is InChI=1S/C9H10ClNO/c10-8-3-6-1-2-11-5-7(6)4-9(8)12/h3-4,11-12H,1-2,5H2. The maximum absolute atomic E-state index is 9.32. The van der Waals surface area contributed by atoms with E-state index >= 15 is 0 Å². The summed E-state index contributed by atoms with van der Waals surface area (Å²) in [6, 6.07) is 3.59. The smallest absolute Gasteiger partial charge is 0.134 e. The summed E-state index contributed by atoms with van der Waals surface area (Å²) in [4.78, 5) is 0. The van der Waals surface area contributed by atoms with E-state index in [9.17, 15) is 5.11 Å². The van der Waals surface area contributed by atoms with Crippen molar-refractivity contribution in [2.45, 2.75) is 13.0 Å². The normalized spacial score (nSPS) is 15.8. The Bertz CT molecular complexity index is 281. The molecule has 1 aromatic rings. The van der Waals surface area contributed by atoms with Crippen LogP contribution in [0.25, 0.3) is 0 Å². The Balaban J connectivity index is 2.49. The van der Waals surface area contributed by atoms with Crippen LogP contribution in [0.15, 0.2) is 12.1 Å². The molecule has 0 saturated heterocycles. The molecular formula is C9H10ClNO. The number of nitrogens with one attached hydrogen (secondary N) is 1. The van der Waals surface area contributed by atoms with E-state index in [2.05, 4.69) is 5.32 Å². The molecule has 0 saturated carbocycles. The van der Waals surface area contributed by atoms with Crippen LogP contribution in [0.2, 0.25) is 5.02 Å². The van der Waals surface area contributed by atoms with E-state index in [0.29, 0.717) is 5.02 Å². The minimum Gasteiger partial charge on any atom is -0.506 e. The van der Waals surface area contributed by atoms with Gasteiger partial charge < -0.3 is 10.4 Å². The molecule has 0 spiro atoms. The van der Waals surface area contributed by atoms with Crippen LogP contribution in [0.3, 0.4) is 0 Å². The molecule has 0 aromatic heterocycles. The van der Waals surface area contributed by atoms with Gasteiger partial charge in [-0.25, -0.2) is 0 Å². The summed E-state index contributed by atoms with van der Waals surface area (Å²) in [7, 11) is 0. The van der Waals surface area contributed by atoms with E-state index in [0.717, 1.165) is 25.1 Å². The van der Waals surface area contributed by atoms with Crippen LogP contribution >= 0.6 is 11.6 Å². The van der Waals surface area contributed by atoms with Gasteiger partial charge in [0.25, 0.3) is 0 Å². The third-order valence-corrected chi connectivity index (χ3v) is 2.46. The average molecular weight is 184 g/mol. The molecule has 0 atom stereocenters. The van der Waals surface area contributed by atoms with Gasteiger partial charge in [-0.1, -0.05) is 11.6 Å². The molecule has 2 rings (SSSR count). The molecule has 0 bridgehead atoms. The van der Waals surface area contributed by atoms with E-state index in [1.54, 1.807) is 6.07 Å². The second kappa shape index (κ2) is 2.96. The Hall–Kier alpha value is -0.730. The van der Waals surface area contributed by atoms with Gasteiger partial charge in [-0.05, 0) is 36.2 Å². The topological polar surface area (TPSA) is 32.3 Å². The van der Waals surface area contributed by atoms with Crippen molar-refractivity contribution >= 4 is 11.6 Å². The summed E-state index contributed by atoms with van der Waals surface area (Å²) in [5.41, 5.74) is 2.40. The summed E-state index contributed by atoms with van der Waals surface area (Å²) in [5, 5.41) is 13.0. The third-order valence-electron chi connectivity index (χ3n) is 2.16. The summed E-state index contributed by atoms with van der Waals surface area (Å²) in [6.07, 6.45) is 0.995. The van der Waals surface area contributed by atoms with Crippen LogP contribution in [-0.4, -0.2) is 11.7 Å². The quantitative estimate of drug-likeness (QED) is 0.642. The lowest BCUT2D eigenvalue weighted by molar-refractivity contribution is 0.473. The number of hydrogen-bond acceptors (Lipinski definition) is 2. The van der Waals surface area contributed by atoms with Crippen molar-refractivity contribution in [3.63, 3.8) is 0 Å². The monoisotopic (exact) mass is 183 g/mol. The number of benzene rings is 1. The summed E-state index contributed by atoms with van der Waals surface area (Å²) < 4.78 is 0. The van der Waals surface area contributed by atoms with E-state index in [1.165, 1.54) is 5.56 Å². The summed E-state index contributed by atoms with van der Waals surface area (Å²) >= 11 is 5.78. The molecule has 1 heterocycles. The molecule has 0 amide bonds. The number of phenols is 1. The van der Waals surface area contributed by atoms with E-state index in [1.807, 2.05) is 6.07 Å². The van der Waals surface area contributed by atoms with Crippen molar-refractivity contribution in [3.8, 4) is 5.75 Å². The minimum absolute atomic E-state index is 0.180. The highest BCUT2D eigenvalue weighted by molar-refractivity contribution is 6.32. The second-order valence-electron chi connectivity index (χ2n) is 3.00. The lowest BCUT2D eigenvalue weighted by Gasteiger charge is -2.17. The van der Waals surface area contributed by atoms with E-state index in [-0.39, 0.29) is 5.75 Å². The largest absolute Gasteiger partial charge is 0.506 e. The Kier molecular flexibility index (Phi) is 1.95. The molecule has 2 N–H and O–H groups in total. The zero-order chi connectivity index (χ0) is 8.55. The van der Waals surface area contributed by atoms with Crippen molar-refractivity contribution in [3.05, 3.63) is 28.3 Å². The van der Waals surface area contributed by atoms with Crippen molar-refractivity contribution in [1.29, 1.82) is 0 Å². The second-order valence-corrected chi connectivity index (χ2v) is 3.41. The summed E-state index contributed by atoms with van der Waals surface area (Å²) in [6.45, 7) is 1.83. The lowest BCUT2D eigenvalue weighted by atomic mass is 10.0. The van der Waals surface area contributed by atoms with E-state index < -0.39 is 0 Å². The van der Waals surface area contributed by atoms with Crippen molar-refractivity contribution < 1.29 is 5.11 Å². The first-order chi connectivity index (χ1) is 5.77. The molecule has 0 unspecified atom stereocenters. The molecule has 0 aliphatic carbocycles. The predicted molar refractivity (Wildman–Crippen MR) is 48.5 cm³/mol. The number of phenolic OH excluding ortho intramolecular Hbond substituents is 1. The Morgan fingerprint density at radius 1 is 1.33 bits per heavy atom. The molecule has 1 aromatic carbocycles. The first kappa shape index (κ1) is 7.90. The Morgan fingerprint density at radius 2 is 2.17 bits per heavy atom. The van der Waals surface area contributed by atoms with Gasteiger partial charge in [-0.2, -0.15) is 0 Å². The maximum Gasteiger partial charge on any atom is 0.134 e. The van der Waals surface area contributed by atoms with Crippen LogP contribution in [0.5, 0.6) is 5.75 Å². The molecule has 0 radical (unpaired) electrons. The average Bonchev–Trinajstić information content (AvgIpc) is 2.07. The van der Waals surface area contributed by atoms with Gasteiger partial charge in [-0.15, -0.1) is 0 Å². The van der Waals surface area contributed by atoms with Crippen LogP contribution in [0, 0.1) is 0 Å². The van der Waals surface area contributed by atoms with Crippen LogP contribution < -0.4 is 5.32 Å². The molecule has 12 heavy (non-hydrogen) atoms. The number of aromatic hydroxyl groups is 1. The van der Waals surface area contributed by atoms with Gasteiger partial charge in [0.15, 0.2) is 0 Å². The first-order valence-corrected chi connectivity index (χ1v) is 4.36. The van der Waals surface area contributed by atoms with Gasteiger partial charge in [0.2, 0.25) is 0 Å². The fraction of sp³-hybridized carbons (Fsp3) is 0.333. The predicted octanol–water partition coefficient (Wildman–Crippen LogP) is 1.69. The number of hydrogen-bond donors (Lipinski definition) is 2. The molecule has 64 valence electrons. The van der Waals surface area contributed by atoms with Crippen LogP contribution in [0.1, 0.15) is 11.1 Å². The number of rotatable bonds is 0. The van der Waals surface area contributed by atoms with Gasteiger partial charge in [-0.3, -0.25) is 0 Å². The molecule has 1 aliphatic heterocycles. The minimum atomic E-state index is 0.180. The fourth-order valence-corrected chi connectivity index (χ4v) is 1.68. The van der Waals surface area contributed by atoms with Crippen LogP contribution in [0.4, 0.5) is 0 Å². The van der Waals surface area contributed by atoms with Gasteiger partial charge in [0, 0.05) is 6.54 Å². The van der Waals surface area contributed by atoms with Crippen molar-refractivity contribution in [2.24, 2.45) is 0 Å². The van der Waals surface area contributed by atoms with Crippen molar-refractivity contribution in [2.75, 3.05) is 6.54 Å². The highest BCUT2D eigenvalue weighted by Crippen LogP contribution is 2.28. The highest BCUT2D eigenvalue weighted by atomic mass is 35.5. The molecule has 3 heteroatoms. The first-order valence-electron chi connectivity index (χ1n) is 3.98. The highest BCUT2D eigenvalue weighted by Gasteiger charge is 2.10. The van der Waals surface area contributed by atoms with E-state index in [4.69, 9.17) is 11.6 Å². The lowest BCUT2D eigenvalue weighted by Crippen LogP contribution is -2.23. The molecule has 1 aliphatic rings. The number of halogens is 1. The Morgan fingerprint density at radius 3 is 3.00 bits per heavy atom. The van der Waals surface area contributed by atoms with Crippen molar-refractivity contribution in [1.82, 2.24) is 5.32 Å². The van der Waals surface area contributed by atoms with Crippen LogP contribution in [-0.2, 0) is 13.0 Å². The van der Waals surface area contributed by atoms with Gasteiger partial charge >= 0.3 is 0 Å². The SMILES string of the molecule is Oc1cc2c(cc1Cl)CCNC2. The Labute approximate surface area is 76.2 Å². The molecular weight excluding hydrogens is 174 g/mol. The third kappa shape index (κ3) is 1.28. The molecule has 2 nitrogen and oxygen atoms in total.